The first-order chi connectivity index (χ1) is 8.63. The molecule has 2 N–H and O–H groups in total. The van der Waals surface area contributed by atoms with Crippen molar-refractivity contribution >= 4 is 5.97 Å². The lowest BCUT2D eigenvalue weighted by Gasteiger charge is -2.08. The summed E-state index contributed by atoms with van der Waals surface area (Å²) in [6, 6.07) is 6.77. The van der Waals surface area contributed by atoms with Gasteiger partial charge in [0.05, 0.1) is 6.61 Å². The van der Waals surface area contributed by atoms with E-state index in [-0.39, 0.29) is 0 Å². The van der Waals surface area contributed by atoms with Crippen LogP contribution >= 0.6 is 0 Å². The SMILES string of the molecule is CCOc1ccccc1-n1nc(C(=O)O)[nH]c1=O. The van der Waals surface area contributed by atoms with Crippen LogP contribution in [0.15, 0.2) is 29.1 Å². The molecule has 1 heterocycles. The lowest BCUT2D eigenvalue weighted by atomic mass is 10.3. The molecule has 0 aliphatic carbocycles. The minimum atomic E-state index is -1.29. The number of nitrogens with zero attached hydrogens (tertiary/aromatic N) is 2. The molecule has 2 rings (SSSR count). The molecule has 7 nitrogen and oxygen atoms in total. The zero-order valence-corrected chi connectivity index (χ0v) is 9.58. The van der Waals surface area contributed by atoms with E-state index in [4.69, 9.17) is 9.84 Å². The summed E-state index contributed by atoms with van der Waals surface area (Å²) in [5, 5.41) is 12.5. The van der Waals surface area contributed by atoms with Crippen molar-refractivity contribution in [2.24, 2.45) is 0 Å². The number of H-pyrrole nitrogens is 1. The molecule has 1 aromatic carbocycles. The first-order valence-corrected chi connectivity index (χ1v) is 5.28. The van der Waals surface area contributed by atoms with Crippen molar-refractivity contribution in [2.75, 3.05) is 6.61 Å². The summed E-state index contributed by atoms with van der Waals surface area (Å²) < 4.78 is 6.32. The van der Waals surface area contributed by atoms with E-state index in [9.17, 15) is 9.59 Å². The Kier molecular flexibility index (Phi) is 3.13. The molecular weight excluding hydrogens is 238 g/mol. The number of aromatic nitrogens is 3. The third-order valence-electron chi connectivity index (χ3n) is 2.21. The van der Waals surface area contributed by atoms with Gasteiger partial charge in [0.25, 0.3) is 0 Å². The number of benzene rings is 1. The number of carboxylic acid groups (broad SMARTS) is 1. The molecular formula is C11H11N3O4. The molecule has 94 valence electrons. The summed E-state index contributed by atoms with van der Waals surface area (Å²) in [5.41, 5.74) is -0.229. The van der Waals surface area contributed by atoms with Crippen molar-refractivity contribution < 1.29 is 14.6 Å². The third kappa shape index (κ3) is 2.10. The maximum Gasteiger partial charge on any atom is 0.373 e. The van der Waals surface area contributed by atoms with E-state index in [0.717, 1.165) is 4.68 Å². The van der Waals surface area contributed by atoms with E-state index in [2.05, 4.69) is 10.1 Å². The van der Waals surface area contributed by atoms with Crippen molar-refractivity contribution in [3.63, 3.8) is 0 Å². The number of aromatic carboxylic acids is 1. The Morgan fingerprint density at radius 3 is 2.83 bits per heavy atom. The molecule has 7 heteroatoms. The minimum absolute atomic E-state index is 0.396. The van der Waals surface area contributed by atoms with Gasteiger partial charge in [-0.25, -0.2) is 9.59 Å². The summed E-state index contributed by atoms with van der Waals surface area (Å²) >= 11 is 0. The molecule has 0 saturated heterocycles. The molecule has 0 bridgehead atoms. The number of hydrogen-bond donors (Lipinski definition) is 2. The van der Waals surface area contributed by atoms with Gasteiger partial charge in [-0.05, 0) is 19.1 Å². The normalized spacial score (nSPS) is 10.3. The number of rotatable bonds is 4. The Balaban J connectivity index is 2.55. The summed E-state index contributed by atoms with van der Waals surface area (Å²) in [7, 11) is 0. The average Bonchev–Trinajstić information content (AvgIpc) is 2.73. The van der Waals surface area contributed by atoms with Gasteiger partial charge < -0.3 is 9.84 Å². The predicted molar refractivity (Wildman–Crippen MR) is 62.3 cm³/mol. The van der Waals surface area contributed by atoms with E-state index in [1.807, 2.05) is 6.92 Å². The minimum Gasteiger partial charge on any atom is -0.492 e. The monoisotopic (exact) mass is 249 g/mol. The Hall–Kier alpha value is -2.57. The van der Waals surface area contributed by atoms with Gasteiger partial charge >= 0.3 is 11.7 Å². The van der Waals surface area contributed by atoms with Crippen LogP contribution in [-0.4, -0.2) is 32.4 Å². The Bertz CT molecular complexity index is 629. The number of hydrogen-bond acceptors (Lipinski definition) is 4. The Morgan fingerprint density at radius 2 is 2.22 bits per heavy atom. The topological polar surface area (TPSA) is 97.2 Å². The van der Waals surface area contributed by atoms with Crippen LogP contribution in [0.4, 0.5) is 0 Å². The van der Waals surface area contributed by atoms with Gasteiger partial charge in [-0.2, -0.15) is 4.68 Å². The molecule has 0 spiro atoms. The number of para-hydroxylation sites is 2. The standard InChI is InChI=1S/C11H11N3O4/c1-2-18-8-6-4-3-5-7(8)14-11(17)12-9(13-14)10(15)16/h3-6H,2H2,1H3,(H,15,16)(H,12,13,17). The highest BCUT2D eigenvalue weighted by atomic mass is 16.5. The van der Waals surface area contributed by atoms with Crippen LogP contribution in [-0.2, 0) is 0 Å². The van der Waals surface area contributed by atoms with Crippen molar-refractivity contribution in [3.8, 4) is 11.4 Å². The number of aromatic amines is 1. The summed E-state index contributed by atoms with van der Waals surface area (Å²) in [6.07, 6.45) is 0. The zero-order valence-electron chi connectivity index (χ0n) is 9.58. The third-order valence-corrected chi connectivity index (χ3v) is 2.21. The maximum atomic E-state index is 11.6. The van der Waals surface area contributed by atoms with Crippen LogP contribution in [0.3, 0.4) is 0 Å². The highest BCUT2D eigenvalue weighted by molar-refractivity contribution is 5.82. The fourth-order valence-corrected chi connectivity index (χ4v) is 1.49. The fraction of sp³-hybridized carbons (Fsp3) is 0.182. The van der Waals surface area contributed by atoms with Crippen molar-refractivity contribution in [2.45, 2.75) is 6.92 Å². The van der Waals surface area contributed by atoms with Gasteiger partial charge in [-0.3, -0.25) is 4.98 Å². The lowest BCUT2D eigenvalue weighted by molar-refractivity contribution is 0.0683. The van der Waals surface area contributed by atoms with Crippen molar-refractivity contribution in [1.82, 2.24) is 14.8 Å². The molecule has 0 amide bonds. The van der Waals surface area contributed by atoms with Crippen LogP contribution in [0.1, 0.15) is 17.5 Å². The second kappa shape index (κ2) is 4.74. The average molecular weight is 249 g/mol. The van der Waals surface area contributed by atoms with Crippen LogP contribution in [0, 0.1) is 0 Å². The number of ether oxygens (including phenoxy) is 1. The summed E-state index contributed by atoms with van der Waals surface area (Å²) in [6.45, 7) is 2.24. The van der Waals surface area contributed by atoms with Gasteiger partial charge in [0.1, 0.15) is 11.4 Å². The fourth-order valence-electron chi connectivity index (χ4n) is 1.49. The van der Waals surface area contributed by atoms with Gasteiger partial charge in [0.2, 0.25) is 5.82 Å². The molecule has 1 aromatic heterocycles. The van der Waals surface area contributed by atoms with E-state index in [1.165, 1.54) is 0 Å². The molecule has 0 aliphatic heterocycles. The van der Waals surface area contributed by atoms with Crippen LogP contribution in [0.2, 0.25) is 0 Å². The molecule has 0 radical (unpaired) electrons. The quantitative estimate of drug-likeness (QED) is 0.829. The van der Waals surface area contributed by atoms with Crippen molar-refractivity contribution in [1.29, 1.82) is 0 Å². The largest absolute Gasteiger partial charge is 0.492 e. The van der Waals surface area contributed by atoms with E-state index < -0.39 is 17.5 Å². The lowest BCUT2D eigenvalue weighted by Crippen LogP contribution is -2.16. The molecule has 2 aromatic rings. The van der Waals surface area contributed by atoms with Crippen LogP contribution < -0.4 is 10.4 Å². The van der Waals surface area contributed by atoms with Gasteiger partial charge in [0, 0.05) is 0 Å². The number of carboxylic acids is 1. The van der Waals surface area contributed by atoms with E-state index in [0.29, 0.717) is 18.0 Å². The van der Waals surface area contributed by atoms with Crippen LogP contribution in [0.25, 0.3) is 5.69 Å². The summed E-state index contributed by atoms with van der Waals surface area (Å²) in [4.78, 5) is 24.5. The number of carbonyl (C=O) groups is 1. The maximum absolute atomic E-state index is 11.6. The van der Waals surface area contributed by atoms with E-state index in [1.54, 1.807) is 24.3 Å². The molecule has 0 saturated carbocycles. The highest BCUT2D eigenvalue weighted by Gasteiger charge is 2.15. The predicted octanol–water partition coefficient (Wildman–Crippen LogP) is 0.657. The molecule has 0 unspecified atom stereocenters. The molecule has 0 aliphatic rings. The van der Waals surface area contributed by atoms with Gasteiger partial charge in [-0.15, -0.1) is 5.10 Å². The second-order valence-corrected chi connectivity index (χ2v) is 3.40. The van der Waals surface area contributed by atoms with Crippen LogP contribution in [0.5, 0.6) is 5.75 Å². The molecule has 0 atom stereocenters. The second-order valence-electron chi connectivity index (χ2n) is 3.40. The van der Waals surface area contributed by atoms with E-state index >= 15 is 0 Å². The zero-order chi connectivity index (χ0) is 13.1. The first-order valence-electron chi connectivity index (χ1n) is 5.28. The van der Waals surface area contributed by atoms with Gasteiger partial charge in [-0.1, -0.05) is 12.1 Å². The highest BCUT2D eigenvalue weighted by Crippen LogP contribution is 2.20. The molecule has 18 heavy (non-hydrogen) atoms. The Morgan fingerprint density at radius 1 is 1.50 bits per heavy atom. The van der Waals surface area contributed by atoms with Crippen molar-refractivity contribution in [3.05, 3.63) is 40.6 Å². The first kappa shape index (κ1) is 11.9. The summed E-state index contributed by atoms with van der Waals surface area (Å²) in [5.74, 6) is -1.24. The number of nitrogens with one attached hydrogen (secondary N) is 1. The Labute approximate surface area is 102 Å². The molecule has 0 fully saturated rings. The smallest absolute Gasteiger partial charge is 0.373 e. The van der Waals surface area contributed by atoms with Gasteiger partial charge in [0.15, 0.2) is 0 Å².